The average Bonchev–Trinajstić information content (AvgIpc) is 2.69. The maximum absolute atomic E-state index is 12.5. The van der Waals surface area contributed by atoms with E-state index in [1.165, 1.54) is 12.8 Å². The zero-order valence-electron chi connectivity index (χ0n) is 12.3. The molecular weight excluding hydrogens is 240 g/mol. The highest BCUT2D eigenvalue weighted by Crippen LogP contribution is 2.20. The summed E-state index contributed by atoms with van der Waals surface area (Å²) in [6.45, 7) is 7.48. The molecule has 2 saturated heterocycles. The van der Waals surface area contributed by atoms with Crippen LogP contribution in [0.5, 0.6) is 0 Å². The van der Waals surface area contributed by atoms with Gasteiger partial charge in [0, 0.05) is 19.6 Å². The molecule has 2 aliphatic heterocycles. The van der Waals surface area contributed by atoms with Gasteiger partial charge in [0.1, 0.15) is 0 Å². The second-order valence-electron chi connectivity index (χ2n) is 6.24. The summed E-state index contributed by atoms with van der Waals surface area (Å²) in [6, 6.07) is -0.0831. The number of likely N-dealkylation sites (tertiary alicyclic amines) is 2. The fourth-order valence-electron chi connectivity index (χ4n) is 3.14. The van der Waals surface area contributed by atoms with Gasteiger partial charge < -0.3 is 10.0 Å². The molecule has 0 aromatic heterocycles. The zero-order valence-corrected chi connectivity index (χ0v) is 12.3. The molecule has 2 heterocycles. The summed E-state index contributed by atoms with van der Waals surface area (Å²) in [5, 5.41) is 9.97. The molecule has 0 radical (unpaired) electrons. The smallest absolute Gasteiger partial charge is 0.239 e. The summed E-state index contributed by atoms with van der Waals surface area (Å²) >= 11 is 0. The van der Waals surface area contributed by atoms with Crippen LogP contribution in [0.2, 0.25) is 0 Å². The number of hydrogen-bond donors (Lipinski definition) is 1. The molecule has 1 N–H and O–H groups in total. The number of amides is 1. The fraction of sp³-hybridized carbons (Fsp3) is 0.933. The van der Waals surface area contributed by atoms with Crippen LogP contribution in [0.4, 0.5) is 0 Å². The third kappa shape index (κ3) is 3.69. The number of carbonyl (C=O) groups excluding carboxylic acids is 1. The van der Waals surface area contributed by atoms with Gasteiger partial charge in [-0.15, -0.1) is 0 Å². The van der Waals surface area contributed by atoms with Gasteiger partial charge in [0.25, 0.3) is 0 Å². The van der Waals surface area contributed by atoms with Crippen LogP contribution in [0.1, 0.15) is 46.0 Å². The van der Waals surface area contributed by atoms with Crippen LogP contribution in [0.15, 0.2) is 0 Å². The van der Waals surface area contributed by atoms with E-state index in [1.807, 2.05) is 11.8 Å². The monoisotopic (exact) mass is 268 g/mol. The lowest BCUT2D eigenvalue weighted by molar-refractivity contribution is -0.138. The van der Waals surface area contributed by atoms with Gasteiger partial charge in [-0.05, 0) is 38.6 Å². The molecule has 1 amide bonds. The first kappa shape index (κ1) is 14.8. The summed E-state index contributed by atoms with van der Waals surface area (Å²) in [5.41, 5.74) is 0. The van der Waals surface area contributed by atoms with Crippen molar-refractivity contribution in [2.45, 2.75) is 58.1 Å². The van der Waals surface area contributed by atoms with E-state index in [1.54, 1.807) is 0 Å². The summed E-state index contributed by atoms with van der Waals surface area (Å²) < 4.78 is 0. The summed E-state index contributed by atoms with van der Waals surface area (Å²) in [5.74, 6) is 0.611. The van der Waals surface area contributed by atoms with Crippen molar-refractivity contribution in [2.75, 3.05) is 26.2 Å². The second kappa shape index (κ2) is 6.71. The van der Waals surface area contributed by atoms with Crippen LogP contribution in [-0.4, -0.2) is 59.1 Å². The van der Waals surface area contributed by atoms with Gasteiger partial charge in [-0.2, -0.15) is 0 Å². The van der Waals surface area contributed by atoms with Crippen LogP contribution in [-0.2, 0) is 4.79 Å². The molecule has 2 aliphatic rings. The molecule has 2 rings (SSSR count). The van der Waals surface area contributed by atoms with Gasteiger partial charge in [-0.1, -0.05) is 19.8 Å². The van der Waals surface area contributed by atoms with Crippen LogP contribution in [0.3, 0.4) is 0 Å². The topological polar surface area (TPSA) is 43.8 Å². The van der Waals surface area contributed by atoms with Crippen LogP contribution in [0, 0.1) is 5.92 Å². The molecule has 3 atom stereocenters. The molecule has 0 bridgehead atoms. The first-order valence-electron chi connectivity index (χ1n) is 7.80. The zero-order chi connectivity index (χ0) is 13.8. The molecule has 0 spiro atoms. The van der Waals surface area contributed by atoms with Crippen LogP contribution in [0.25, 0.3) is 0 Å². The van der Waals surface area contributed by atoms with Crippen molar-refractivity contribution >= 4 is 5.91 Å². The number of hydrogen-bond acceptors (Lipinski definition) is 3. The molecule has 0 aliphatic carbocycles. The molecule has 4 heteroatoms. The third-order valence-corrected chi connectivity index (χ3v) is 4.77. The SMILES string of the molecule is CC1CCN(C(C)C(=O)N2CCCCCC2)CC1O. The van der Waals surface area contributed by atoms with E-state index >= 15 is 0 Å². The van der Waals surface area contributed by atoms with Crippen molar-refractivity contribution < 1.29 is 9.90 Å². The number of aliphatic hydroxyl groups excluding tert-OH is 1. The quantitative estimate of drug-likeness (QED) is 0.825. The number of rotatable bonds is 2. The number of aliphatic hydroxyl groups is 1. The Morgan fingerprint density at radius 3 is 2.37 bits per heavy atom. The molecular formula is C15H28N2O2. The normalized spacial score (nSPS) is 31.8. The Labute approximate surface area is 116 Å². The van der Waals surface area contributed by atoms with Crippen LogP contribution < -0.4 is 0 Å². The molecule has 110 valence electrons. The van der Waals surface area contributed by atoms with Crippen molar-refractivity contribution in [3.63, 3.8) is 0 Å². The van der Waals surface area contributed by atoms with Crippen molar-refractivity contribution in [1.29, 1.82) is 0 Å². The van der Waals surface area contributed by atoms with Gasteiger partial charge in [-0.3, -0.25) is 9.69 Å². The lowest BCUT2D eigenvalue weighted by Gasteiger charge is -2.38. The van der Waals surface area contributed by atoms with E-state index in [-0.39, 0.29) is 18.1 Å². The molecule has 3 unspecified atom stereocenters. The highest BCUT2D eigenvalue weighted by Gasteiger charge is 2.32. The predicted molar refractivity (Wildman–Crippen MR) is 75.9 cm³/mol. The second-order valence-corrected chi connectivity index (χ2v) is 6.24. The standard InChI is InChI=1S/C15H28N2O2/c1-12-7-10-17(11-14(12)18)13(2)15(19)16-8-5-3-4-6-9-16/h12-14,18H,3-11H2,1-2H3. The minimum atomic E-state index is -0.284. The Hall–Kier alpha value is -0.610. The highest BCUT2D eigenvalue weighted by molar-refractivity contribution is 5.81. The third-order valence-electron chi connectivity index (χ3n) is 4.77. The van der Waals surface area contributed by atoms with Gasteiger partial charge in [0.05, 0.1) is 12.1 Å². The average molecular weight is 268 g/mol. The van der Waals surface area contributed by atoms with Crippen molar-refractivity contribution in [3.8, 4) is 0 Å². The molecule has 19 heavy (non-hydrogen) atoms. The summed E-state index contributed by atoms with van der Waals surface area (Å²) in [4.78, 5) is 16.7. The van der Waals surface area contributed by atoms with E-state index in [9.17, 15) is 9.90 Å². The first-order chi connectivity index (χ1) is 9.09. The van der Waals surface area contributed by atoms with Gasteiger partial charge >= 0.3 is 0 Å². The largest absolute Gasteiger partial charge is 0.392 e. The van der Waals surface area contributed by atoms with Gasteiger partial charge in [0.15, 0.2) is 0 Å². The van der Waals surface area contributed by atoms with E-state index in [0.29, 0.717) is 12.5 Å². The molecule has 4 nitrogen and oxygen atoms in total. The Balaban J connectivity index is 1.90. The Morgan fingerprint density at radius 2 is 1.79 bits per heavy atom. The number of β-amino-alcohol motifs (C(OH)–C–C–N with tert-alkyl or cyclic N) is 1. The molecule has 0 aromatic carbocycles. The van der Waals surface area contributed by atoms with Gasteiger partial charge in [0.2, 0.25) is 5.91 Å². The first-order valence-corrected chi connectivity index (χ1v) is 7.80. The Morgan fingerprint density at radius 1 is 1.16 bits per heavy atom. The van der Waals surface area contributed by atoms with Crippen molar-refractivity contribution in [1.82, 2.24) is 9.80 Å². The van der Waals surface area contributed by atoms with Crippen LogP contribution >= 0.6 is 0 Å². The molecule has 2 fully saturated rings. The minimum absolute atomic E-state index is 0.0831. The number of piperidine rings is 1. The lowest BCUT2D eigenvalue weighted by Crippen LogP contribution is -2.53. The highest BCUT2D eigenvalue weighted by atomic mass is 16.3. The molecule has 0 aromatic rings. The van der Waals surface area contributed by atoms with Crippen molar-refractivity contribution in [2.24, 2.45) is 5.92 Å². The van der Waals surface area contributed by atoms with E-state index in [2.05, 4.69) is 11.8 Å². The van der Waals surface area contributed by atoms with Gasteiger partial charge in [-0.25, -0.2) is 0 Å². The molecule has 0 saturated carbocycles. The predicted octanol–water partition coefficient (Wildman–Crippen LogP) is 1.48. The maximum atomic E-state index is 12.5. The Kier molecular flexibility index (Phi) is 5.22. The fourth-order valence-corrected chi connectivity index (χ4v) is 3.14. The number of carbonyl (C=O) groups is 1. The maximum Gasteiger partial charge on any atom is 0.239 e. The van der Waals surface area contributed by atoms with Crippen molar-refractivity contribution in [3.05, 3.63) is 0 Å². The lowest BCUT2D eigenvalue weighted by atomic mass is 9.95. The van der Waals surface area contributed by atoms with E-state index < -0.39 is 0 Å². The van der Waals surface area contributed by atoms with E-state index in [0.717, 1.165) is 38.9 Å². The Bertz CT molecular complexity index is 301. The summed E-state index contributed by atoms with van der Waals surface area (Å²) in [7, 11) is 0. The minimum Gasteiger partial charge on any atom is -0.392 e. The van der Waals surface area contributed by atoms with E-state index in [4.69, 9.17) is 0 Å². The summed E-state index contributed by atoms with van der Waals surface area (Å²) in [6.07, 6.45) is 5.47. The number of nitrogens with zero attached hydrogens (tertiary/aromatic N) is 2.